The molecule has 1 aromatic heterocycles. The topological polar surface area (TPSA) is 120 Å². The lowest BCUT2D eigenvalue weighted by molar-refractivity contribution is -0.122. The van der Waals surface area contributed by atoms with Crippen LogP contribution in [0.1, 0.15) is 27.2 Å². The van der Waals surface area contributed by atoms with Gasteiger partial charge in [0.1, 0.15) is 0 Å². The Morgan fingerprint density at radius 2 is 2.00 bits per heavy atom. The van der Waals surface area contributed by atoms with Crippen LogP contribution in [0.15, 0.2) is 9.59 Å². The van der Waals surface area contributed by atoms with Gasteiger partial charge in [0.15, 0.2) is 0 Å². The molecule has 0 fully saturated rings. The van der Waals surface area contributed by atoms with Crippen molar-refractivity contribution in [2.24, 2.45) is 0 Å². The third kappa shape index (κ3) is 4.81. The summed E-state index contributed by atoms with van der Waals surface area (Å²) in [6.45, 7) is 5.90. The van der Waals surface area contributed by atoms with Gasteiger partial charge in [-0.05, 0) is 20.8 Å². The summed E-state index contributed by atoms with van der Waals surface area (Å²) in [5.74, 6) is -0.144. The van der Waals surface area contributed by atoms with Gasteiger partial charge in [-0.1, -0.05) is 0 Å². The molecule has 1 heterocycles. The molecule has 0 saturated heterocycles. The number of H-pyrrole nitrogens is 2. The summed E-state index contributed by atoms with van der Waals surface area (Å²) in [5.41, 5.74) is -1.57. The summed E-state index contributed by atoms with van der Waals surface area (Å²) in [6.07, 6.45) is 0.206. The van der Waals surface area contributed by atoms with E-state index in [2.05, 4.69) is 20.8 Å². The number of aromatic nitrogens is 3. The van der Waals surface area contributed by atoms with Crippen molar-refractivity contribution >= 4 is 11.7 Å². The number of anilines is 1. The molecule has 8 heteroatoms. The normalized spacial score (nSPS) is 11.1. The number of nitrogens with one attached hydrogen (secondary N) is 4. The maximum Gasteiger partial charge on any atom is 0.342 e. The van der Waals surface area contributed by atoms with Gasteiger partial charge in [0.25, 0.3) is 5.56 Å². The Bertz CT molecular complexity index is 525. The Hall–Kier alpha value is -2.12. The molecule has 1 rings (SSSR count). The Labute approximate surface area is 103 Å². The van der Waals surface area contributed by atoms with Crippen molar-refractivity contribution in [1.82, 2.24) is 20.5 Å². The number of carbonyl (C=O) groups is 1. The maximum atomic E-state index is 11.5. The molecule has 0 radical (unpaired) electrons. The zero-order chi connectivity index (χ0) is 13.8. The molecular weight excluding hydrogens is 238 g/mol. The Balaban J connectivity index is 2.45. The molecule has 4 N–H and O–H groups in total. The predicted molar refractivity (Wildman–Crippen MR) is 66.5 cm³/mol. The first-order chi connectivity index (χ1) is 8.28. The van der Waals surface area contributed by atoms with E-state index in [1.54, 1.807) is 0 Å². The van der Waals surface area contributed by atoms with Crippen LogP contribution in [-0.4, -0.2) is 33.2 Å². The number of hydrogen-bond acceptors (Lipinski definition) is 5. The van der Waals surface area contributed by atoms with E-state index in [0.717, 1.165) is 0 Å². The zero-order valence-corrected chi connectivity index (χ0v) is 10.6. The van der Waals surface area contributed by atoms with E-state index in [-0.39, 0.29) is 30.2 Å². The van der Waals surface area contributed by atoms with Crippen LogP contribution >= 0.6 is 0 Å². The van der Waals surface area contributed by atoms with Gasteiger partial charge in [-0.2, -0.15) is 0 Å². The van der Waals surface area contributed by atoms with Crippen LogP contribution in [0, 0.1) is 0 Å². The molecule has 8 nitrogen and oxygen atoms in total. The van der Waals surface area contributed by atoms with Gasteiger partial charge in [-0.25, -0.2) is 9.89 Å². The molecular formula is C10H17N5O3. The van der Waals surface area contributed by atoms with Crippen molar-refractivity contribution in [1.29, 1.82) is 0 Å². The first-order valence-electron chi connectivity index (χ1n) is 5.52. The molecule has 1 amide bonds. The first kappa shape index (κ1) is 13.9. The lowest BCUT2D eigenvalue weighted by atomic mass is 10.1. The van der Waals surface area contributed by atoms with E-state index < -0.39 is 11.2 Å². The second-order valence-corrected chi connectivity index (χ2v) is 4.83. The van der Waals surface area contributed by atoms with Crippen LogP contribution in [-0.2, 0) is 4.79 Å². The molecule has 18 heavy (non-hydrogen) atoms. The SMILES string of the molecule is CC(C)(C)NC(=O)CCNc1n[nH]c(=O)[nH]c1=O. The molecule has 0 aliphatic heterocycles. The fraction of sp³-hybridized carbons (Fsp3) is 0.600. The van der Waals surface area contributed by atoms with Crippen molar-refractivity contribution in [2.75, 3.05) is 11.9 Å². The van der Waals surface area contributed by atoms with Gasteiger partial charge in [0.05, 0.1) is 0 Å². The highest BCUT2D eigenvalue weighted by Gasteiger charge is 2.13. The van der Waals surface area contributed by atoms with Crippen molar-refractivity contribution in [3.05, 3.63) is 20.8 Å². The second kappa shape index (κ2) is 5.48. The molecule has 0 unspecified atom stereocenters. The van der Waals surface area contributed by atoms with E-state index in [1.807, 2.05) is 25.8 Å². The molecule has 0 aliphatic rings. The number of aromatic amines is 2. The highest BCUT2D eigenvalue weighted by Crippen LogP contribution is 1.99. The van der Waals surface area contributed by atoms with Gasteiger partial charge in [-0.3, -0.25) is 14.6 Å². The van der Waals surface area contributed by atoms with Crippen LogP contribution in [0.4, 0.5) is 5.82 Å². The van der Waals surface area contributed by atoms with E-state index >= 15 is 0 Å². The summed E-state index contributed by atoms with van der Waals surface area (Å²) >= 11 is 0. The highest BCUT2D eigenvalue weighted by atomic mass is 16.2. The standard InChI is InChI=1S/C10H17N5O3/c1-10(2,3)13-6(16)4-5-11-7-8(17)12-9(18)15-14-7/h4-5H2,1-3H3,(H,11,14)(H,13,16)(H2,12,15,17,18). The van der Waals surface area contributed by atoms with E-state index in [0.29, 0.717) is 0 Å². The minimum Gasteiger partial charge on any atom is -0.364 e. The summed E-state index contributed by atoms with van der Waals surface area (Å²) in [6, 6.07) is 0. The van der Waals surface area contributed by atoms with Gasteiger partial charge in [0.2, 0.25) is 11.7 Å². The molecule has 100 valence electrons. The van der Waals surface area contributed by atoms with Gasteiger partial charge < -0.3 is 10.6 Å². The first-order valence-corrected chi connectivity index (χ1v) is 5.52. The average molecular weight is 255 g/mol. The molecule has 0 aromatic carbocycles. The summed E-state index contributed by atoms with van der Waals surface area (Å²) in [5, 5.41) is 11.1. The molecule has 0 saturated carbocycles. The summed E-state index contributed by atoms with van der Waals surface area (Å²) in [7, 11) is 0. The lowest BCUT2D eigenvalue weighted by Gasteiger charge is -2.20. The van der Waals surface area contributed by atoms with Crippen molar-refractivity contribution < 1.29 is 4.79 Å². The molecule has 0 atom stereocenters. The van der Waals surface area contributed by atoms with E-state index in [1.165, 1.54) is 0 Å². The van der Waals surface area contributed by atoms with E-state index in [4.69, 9.17) is 0 Å². The average Bonchev–Trinajstić information content (AvgIpc) is 2.18. The number of nitrogens with zero attached hydrogens (tertiary/aromatic N) is 1. The van der Waals surface area contributed by atoms with Crippen LogP contribution < -0.4 is 21.9 Å². The zero-order valence-electron chi connectivity index (χ0n) is 10.6. The highest BCUT2D eigenvalue weighted by molar-refractivity contribution is 5.77. The van der Waals surface area contributed by atoms with Crippen molar-refractivity contribution in [3.63, 3.8) is 0 Å². The number of amides is 1. The minimum atomic E-state index is -0.670. The quantitative estimate of drug-likeness (QED) is 0.560. The van der Waals surface area contributed by atoms with Gasteiger partial charge in [0, 0.05) is 18.5 Å². The van der Waals surface area contributed by atoms with Gasteiger partial charge in [-0.15, -0.1) is 5.10 Å². The van der Waals surface area contributed by atoms with Crippen LogP contribution in [0.2, 0.25) is 0 Å². The molecule has 0 bridgehead atoms. The third-order valence-electron chi connectivity index (χ3n) is 1.87. The predicted octanol–water partition coefficient (Wildman–Crippen LogP) is -0.825. The summed E-state index contributed by atoms with van der Waals surface area (Å²) < 4.78 is 0. The molecule has 1 aromatic rings. The van der Waals surface area contributed by atoms with E-state index in [9.17, 15) is 14.4 Å². The number of rotatable bonds is 4. The lowest BCUT2D eigenvalue weighted by Crippen LogP contribution is -2.41. The van der Waals surface area contributed by atoms with Crippen LogP contribution in [0.25, 0.3) is 0 Å². The maximum absolute atomic E-state index is 11.5. The molecule has 0 aliphatic carbocycles. The van der Waals surface area contributed by atoms with Gasteiger partial charge >= 0.3 is 5.69 Å². The van der Waals surface area contributed by atoms with Crippen molar-refractivity contribution in [2.45, 2.75) is 32.7 Å². The van der Waals surface area contributed by atoms with Crippen LogP contribution in [0.5, 0.6) is 0 Å². The number of hydrogen-bond donors (Lipinski definition) is 4. The summed E-state index contributed by atoms with van der Waals surface area (Å²) in [4.78, 5) is 35.5. The monoisotopic (exact) mass is 255 g/mol. The minimum absolute atomic E-state index is 0.0156. The van der Waals surface area contributed by atoms with Crippen LogP contribution in [0.3, 0.4) is 0 Å². The largest absolute Gasteiger partial charge is 0.364 e. The third-order valence-corrected chi connectivity index (χ3v) is 1.87. The Kier molecular flexibility index (Phi) is 4.24. The Morgan fingerprint density at radius 1 is 1.33 bits per heavy atom. The second-order valence-electron chi connectivity index (χ2n) is 4.83. The molecule has 0 spiro atoms. The fourth-order valence-corrected chi connectivity index (χ4v) is 1.24. The smallest absolute Gasteiger partial charge is 0.342 e. The van der Waals surface area contributed by atoms with Crippen molar-refractivity contribution in [3.8, 4) is 0 Å². The Morgan fingerprint density at radius 3 is 2.56 bits per heavy atom. The fourth-order valence-electron chi connectivity index (χ4n) is 1.24. The number of carbonyl (C=O) groups excluding carboxylic acids is 1.